The molecular weight excluding hydrogens is 418 g/mol. The van der Waals surface area contributed by atoms with Crippen molar-refractivity contribution in [3.63, 3.8) is 0 Å². The molecule has 9 heteroatoms. The number of nitrogens with zero attached hydrogens (tertiary/aromatic N) is 5. The lowest BCUT2D eigenvalue weighted by Crippen LogP contribution is -2.31. The van der Waals surface area contributed by atoms with Crippen molar-refractivity contribution in [1.82, 2.24) is 30.0 Å². The van der Waals surface area contributed by atoms with Crippen LogP contribution < -0.4 is 15.8 Å². The first-order chi connectivity index (χ1) is 15.9. The van der Waals surface area contributed by atoms with Gasteiger partial charge in [-0.3, -0.25) is 9.48 Å². The fourth-order valence-electron chi connectivity index (χ4n) is 4.57. The Balaban J connectivity index is 1.37. The Labute approximate surface area is 193 Å². The fourth-order valence-corrected chi connectivity index (χ4v) is 4.57. The number of aryl methyl sites for hydroxylation is 1. The number of ether oxygens (including phenoxy) is 1. The predicted molar refractivity (Wildman–Crippen MR) is 125 cm³/mol. The second kappa shape index (κ2) is 8.82. The molecule has 2 aromatic heterocycles. The van der Waals surface area contributed by atoms with Crippen molar-refractivity contribution < 1.29 is 9.53 Å². The van der Waals surface area contributed by atoms with Crippen LogP contribution in [0.3, 0.4) is 0 Å². The summed E-state index contributed by atoms with van der Waals surface area (Å²) in [6, 6.07) is 6.58. The molecule has 0 saturated carbocycles. The topological polar surface area (TPSA) is 111 Å². The molecule has 0 aliphatic carbocycles. The Kier molecular flexibility index (Phi) is 5.72. The van der Waals surface area contributed by atoms with Crippen LogP contribution in [0.5, 0.6) is 11.6 Å². The lowest BCUT2D eigenvalue weighted by Gasteiger charge is -2.28. The number of carbonyl (C=O) groups excluding carboxylic acids is 1. The molecule has 2 saturated heterocycles. The van der Waals surface area contributed by atoms with Gasteiger partial charge in [-0.1, -0.05) is 11.6 Å². The summed E-state index contributed by atoms with van der Waals surface area (Å²) in [4.78, 5) is 23.0. The van der Waals surface area contributed by atoms with E-state index in [2.05, 4.69) is 38.4 Å². The second-order valence-corrected chi connectivity index (χ2v) is 9.03. The molecule has 2 aliphatic rings. The number of rotatable bonds is 5. The Hall–Kier alpha value is -3.46. The van der Waals surface area contributed by atoms with E-state index in [9.17, 15) is 4.79 Å². The van der Waals surface area contributed by atoms with Gasteiger partial charge in [0.25, 0.3) is 5.88 Å². The van der Waals surface area contributed by atoms with Gasteiger partial charge in [0.15, 0.2) is 11.6 Å². The smallest absolute Gasteiger partial charge is 0.263 e. The van der Waals surface area contributed by atoms with Gasteiger partial charge in [-0.05, 0) is 64.0 Å². The van der Waals surface area contributed by atoms with Crippen molar-refractivity contribution in [2.24, 2.45) is 0 Å². The summed E-state index contributed by atoms with van der Waals surface area (Å²) >= 11 is 0. The summed E-state index contributed by atoms with van der Waals surface area (Å²) in [6.45, 7) is 4.15. The van der Waals surface area contributed by atoms with Crippen LogP contribution in [-0.2, 0) is 4.79 Å². The van der Waals surface area contributed by atoms with Crippen LogP contribution in [0.25, 0.3) is 11.3 Å². The van der Waals surface area contributed by atoms with Crippen molar-refractivity contribution in [3.8, 4) is 22.9 Å². The Morgan fingerprint density at radius 1 is 1.15 bits per heavy atom. The van der Waals surface area contributed by atoms with E-state index in [1.807, 2.05) is 29.9 Å². The molecule has 0 radical (unpaired) electrons. The van der Waals surface area contributed by atoms with Gasteiger partial charge in [0.05, 0.1) is 36.4 Å². The zero-order valence-electron chi connectivity index (χ0n) is 19.0. The van der Waals surface area contributed by atoms with E-state index in [1.165, 1.54) is 0 Å². The fraction of sp³-hybridized carbons (Fsp3) is 0.417. The average Bonchev–Trinajstić information content (AvgIpc) is 3.44. The van der Waals surface area contributed by atoms with Crippen LogP contribution in [0, 0.1) is 6.92 Å². The molecule has 1 atom stereocenters. The molecule has 2 fully saturated rings. The largest absolute Gasteiger partial charge is 0.433 e. The van der Waals surface area contributed by atoms with Crippen molar-refractivity contribution in [2.45, 2.75) is 44.7 Å². The van der Waals surface area contributed by atoms with Crippen molar-refractivity contribution in [2.75, 3.05) is 25.9 Å². The first kappa shape index (κ1) is 21.4. The van der Waals surface area contributed by atoms with E-state index < -0.39 is 0 Å². The molecule has 3 aromatic rings. The first-order valence-electron chi connectivity index (χ1n) is 11.4. The lowest BCUT2D eigenvalue weighted by molar-refractivity contribution is -0.119. The van der Waals surface area contributed by atoms with Gasteiger partial charge in [-0.2, -0.15) is 5.10 Å². The third kappa shape index (κ3) is 4.68. The van der Waals surface area contributed by atoms with Crippen LogP contribution in [0.15, 0.2) is 36.8 Å². The minimum Gasteiger partial charge on any atom is -0.433 e. The van der Waals surface area contributed by atoms with Gasteiger partial charge in [-0.15, -0.1) is 0 Å². The van der Waals surface area contributed by atoms with Crippen molar-refractivity contribution in [3.05, 3.63) is 47.9 Å². The molecule has 5 rings (SSSR count). The predicted octanol–water partition coefficient (Wildman–Crippen LogP) is 3.24. The maximum atomic E-state index is 11.7. The summed E-state index contributed by atoms with van der Waals surface area (Å²) in [7, 11) is 2.14. The van der Waals surface area contributed by atoms with Crippen molar-refractivity contribution in [1.29, 1.82) is 0 Å². The summed E-state index contributed by atoms with van der Waals surface area (Å²) in [5, 5.41) is 7.52. The minimum absolute atomic E-state index is 0.0269. The van der Waals surface area contributed by atoms with E-state index in [0.717, 1.165) is 49.0 Å². The number of piperidine rings is 1. The quantitative estimate of drug-likeness (QED) is 0.618. The summed E-state index contributed by atoms with van der Waals surface area (Å²) in [5.74, 6) is 1.16. The average molecular weight is 448 g/mol. The van der Waals surface area contributed by atoms with E-state index in [0.29, 0.717) is 23.9 Å². The lowest BCUT2D eigenvalue weighted by atomic mass is 9.98. The van der Waals surface area contributed by atoms with Crippen LogP contribution >= 0.6 is 0 Å². The SMILES string of the molecule is Cc1cc(-c2cnc(N)c(Oc3cnn(C4CCN(C)CC4)c3)n2)cc(C2CCC(=O)N2)c1. The van der Waals surface area contributed by atoms with Gasteiger partial charge in [-0.25, -0.2) is 9.97 Å². The minimum atomic E-state index is 0.0269. The number of nitrogens with two attached hydrogens (primary N) is 1. The van der Waals surface area contributed by atoms with E-state index >= 15 is 0 Å². The van der Waals surface area contributed by atoms with E-state index in [4.69, 9.17) is 10.5 Å². The summed E-state index contributed by atoms with van der Waals surface area (Å²) in [6.07, 6.45) is 8.72. The third-order valence-electron chi connectivity index (χ3n) is 6.41. The highest BCUT2D eigenvalue weighted by molar-refractivity contribution is 5.79. The number of nitrogens with one attached hydrogen (secondary N) is 1. The Morgan fingerprint density at radius 3 is 2.73 bits per heavy atom. The van der Waals surface area contributed by atoms with Gasteiger partial charge < -0.3 is 20.7 Å². The summed E-state index contributed by atoms with van der Waals surface area (Å²) < 4.78 is 7.96. The number of hydrogen-bond acceptors (Lipinski definition) is 7. The highest BCUT2D eigenvalue weighted by Crippen LogP contribution is 2.32. The highest BCUT2D eigenvalue weighted by atomic mass is 16.5. The van der Waals surface area contributed by atoms with Crippen LogP contribution in [0.4, 0.5) is 5.82 Å². The number of anilines is 1. The monoisotopic (exact) mass is 447 g/mol. The number of aromatic nitrogens is 4. The van der Waals surface area contributed by atoms with Gasteiger partial charge in [0, 0.05) is 12.0 Å². The zero-order valence-corrected chi connectivity index (χ0v) is 19.0. The standard InChI is InChI=1S/C24H29N7O2/c1-15-9-16(20-3-4-22(32)28-20)11-17(10-15)21-13-26-23(25)24(29-21)33-19-12-27-31(14-19)18-5-7-30(2)8-6-18/h9-14,18,20H,3-8H2,1-2H3,(H2,25,26)(H,28,32). The Morgan fingerprint density at radius 2 is 1.97 bits per heavy atom. The molecule has 0 bridgehead atoms. The van der Waals surface area contributed by atoms with Crippen LogP contribution in [0.1, 0.15) is 48.9 Å². The molecular formula is C24H29N7O2. The van der Waals surface area contributed by atoms with Gasteiger partial charge in [0.1, 0.15) is 0 Å². The summed E-state index contributed by atoms with van der Waals surface area (Å²) in [5.41, 5.74) is 9.80. The maximum absolute atomic E-state index is 11.7. The molecule has 2 aliphatic heterocycles. The van der Waals surface area contributed by atoms with Crippen molar-refractivity contribution >= 4 is 11.7 Å². The molecule has 0 spiro atoms. The van der Waals surface area contributed by atoms with E-state index in [-0.39, 0.29) is 23.6 Å². The molecule has 1 unspecified atom stereocenters. The van der Waals surface area contributed by atoms with Crippen LogP contribution in [0.2, 0.25) is 0 Å². The molecule has 9 nitrogen and oxygen atoms in total. The molecule has 1 aromatic carbocycles. The number of amides is 1. The molecule has 1 amide bonds. The number of likely N-dealkylation sites (tertiary alicyclic amines) is 1. The normalized spacial score (nSPS) is 19.6. The van der Waals surface area contributed by atoms with Gasteiger partial charge >= 0.3 is 0 Å². The first-order valence-corrected chi connectivity index (χ1v) is 11.4. The molecule has 4 heterocycles. The highest BCUT2D eigenvalue weighted by Gasteiger charge is 2.23. The zero-order chi connectivity index (χ0) is 22.9. The van der Waals surface area contributed by atoms with E-state index in [1.54, 1.807) is 12.4 Å². The maximum Gasteiger partial charge on any atom is 0.263 e. The van der Waals surface area contributed by atoms with Gasteiger partial charge in [0.2, 0.25) is 5.91 Å². The number of benzene rings is 1. The molecule has 3 N–H and O–H groups in total. The number of nitrogen functional groups attached to an aromatic ring is 1. The molecule has 33 heavy (non-hydrogen) atoms. The number of carbonyl (C=O) groups is 1. The third-order valence-corrected chi connectivity index (χ3v) is 6.41. The molecule has 172 valence electrons. The second-order valence-electron chi connectivity index (χ2n) is 9.03. The van der Waals surface area contributed by atoms with Crippen LogP contribution in [-0.4, -0.2) is 50.7 Å². The number of hydrogen-bond donors (Lipinski definition) is 2. The Bertz CT molecular complexity index is 1170.